The van der Waals surface area contributed by atoms with Gasteiger partial charge in [-0.1, -0.05) is 25.7 Å². The van der Waals surface area contributed by atoms with Crippen LogP contribution in [0.4, 0.5) is 13.2 Å². The van der Waals surface area contributed by atoms with Crippen molar-refractivity contribution in [3.05, 3.63) is 17.5 Å². The molecule has 1 heterocycles. The number of halogens is 4. The van der Waals surface area contributed by atoms with E-state index in [0.717, 1.165) is 43.2 Å². The van der Waals surface area contributed by atoms with Crippen LogP contribution in [0.25, 0.3) is 0 Å². The maximum Gasteiger partial charge on any atom is 0.433 e. The van der Waals surface area contributed by atoms with Crippen LogP contribution in [-0.2, 0) is 12.1 Å². The third kappa shape index (κ3) is 2.82. The van der Waals surface area contributed by atoms with E-state index in [9.17, 15) is 13.2 Å². The van der Waals surface area contributed by atoms with Crippen LogP contribution in [0.5, 0.6) is 0 Å². The van der Waals surface area contributed by atoms with Crippen molar-refractivity contribution in [2.24, 2.45) is 0 Å². The second-order valence-corrected chi connectivity index (χ2v) is 5.01. The van der Waals surface area contributed by atoms with Crippen LogP contribution in [-0.4, -0.2) is 9.78 Å². The van der Waals surface area contributed by atoms with Gasteiger partial charge in [-0.25, -0.2) is 0 Å². The SMILES string of the molecule is FC(F)(F)c1c(CCl)cnn1C1CCCCCC1. The Bertz CT molecular complexity index is 393. The van der Waals surface area contributed by atoms with Gasteiger partial charge >= 0.3 is 6.18 Å². The van der Waals surface area contributed by atoms with E-state index in [0.29, 0.717) is 0 Å². The number of alkyl halides is 4. The van der Waals surface area contributed by atoms with Crippen LogP contribution < -0.4 is 0 Å². The minimum absolute atomic E-state index is 0.0772. The van der Waals surface area contributed by atoms with Crippen molar-refractivity contribution < 1.29 is 13.2 Å². The Morgan fingerprint density at radius 1 is 1.22 bits per heavy atom. The van der Waals surface area contributed by atoms with Crippen LogP contribution in [0.1, 0.15) is 55.8 Å². The highest BCUT2D eigenvalue weighted by molar-refractivity contribution is 6.17. The molecule has 1 aliphatic rings. The second-order valence-electron chi connectivity index (χ2n) is 4.74. The Morgan fingerprint density at radius 3 is 2.33 bits per heavy atom. The van der Waals surface area contributed by atoms with E-state index in [1.54, 1.807) is 0 Å². The van der Waals surface area contributed by atoms with E-state index in [1.165, 1.54) is 6.20 Å². The third-order valence-corrected chi connectivity index (χ3v) is 3.74. The Morgan fingerprint density at radius 2 is 1.83 bits per heavy atom. The molecule has 0 amide bonds. The van der Waals surface area contributed by atoms with E-state index in [2.05, 4.69) is 5.10 Å². The van der Waals surface area contributed by atoms with E-state index >= 15 is 0 Å². The molecule has 0 N–H and O–H groups in total. The summed E-state index contributed by atoms with van der Waals surface area (Å²) in [6.45, 7) is 0. The lowest BCUT2D eigenvalue weighted by Gasteiger charge is -2.20. The normalized spacial score (nSPS) is 18.9. The predicted molar refractivity (Wildman–Crippen MR) is 63.5 cm³/mol. The highest BCUT2D eigenvalue weighted by Gasteiger charge is 2.39. The molecule has 0 radical (unpaired) electrons. The van der Waals surface area contributed by atoms with Gasteiger partial charge in [-0.15, -0.1) is 11.6 Å². The molecule has 1 aliphatic carbocycles. The average molecular weight is 281 g/mol. The molecule has 18 heavy (non-hydrogen) atoms. The molecule has 2 rings (SSSR count). The van der Waals surface area contributed by atoms with E-state index in [1.807, 2.05) is 0 Å². The molecule has 6 heteroatoms. The molecule has 1 aromatic heterocycles. The zero-order valence-electron chi connectivity index (χ0n) is 10.0. The standard InChI is InChI=1S/C12H16ClF3N2/c13-7-9-8-17-18(11(9)12(14,15)16)10-5-3-1-2-4-6-10/h8,10H,1-7H2. The van der Waals surface area contributed by atoms with Gasteiger partial charge in [0.05, 0.1) is 18.1 Å². The first kappa shape index (κ1) is 13.7. The lowest BCUT2D eigenvalue weighted by atomic mass is 10.1. The lowest BCUT2D eigenvalue weighted by Crippen LogP contribution is -2.20. The highest BCUT2D eigenvalue weighted by atomic mass is 35.5. The van der Waals surface area contributed by atoms with E-state index < -0.39 is 11.9 Å². The van der Waals surface area contributed by atoms with Gasteiger partial charge in [0.25, 0.3) is 0 Å². The summed E-state index contributed by atoms with van der Waals surface area (Å²) in [6, 6.07) is -0.138. The van der Waals surface area contributed by atoms with Crippen molar-refractivity contribution in [1.82, 2.24) is 9.78 Å². The number of nitrogens with zero attached hydrogens (tertiary/aromatic N) is 2. The fourth-order valence-corrected chi connectivity index (χ4v) is 2.78. The summed E-state index contributed by atoms with van der Waals surface area (Å²) in [6.07, 6.45) is 2.55. The summed E-state index contributed by atoms with van der Waals surface area (Å²) in [4.78, 5) is 0. The molecule has 0 saturated heterocycles. The predicted octanol–water partition coefficient (Wildman–Crippen LogP) is 4.54. The van der Waals surface area contributed by atoms with Gasteiger partial charge in [0.1, 0.15) is 5.69 Å². The van der Waals surface area contributed by atoms with Crippen molar-refractivity contribution in [2.45, 2.75) is 56.6 Å². The van der Waals surface area contributed by atoms with Crippen LogP contribution in [0.15, 0.2) is 6.20 Å². The zero-order chi connectivity index (χ0) is 13.2. The van der Waals surface area contributed by atoms with Crippen molar-refractivity contribution in [2.75, 3.05) is 0 Å². The largest absolute Gasteiger partial charge is 0.433 e. The molecule has 1 fully saturated rings. The molecule has 1 saturated carbocycles. The van der Waals surface area contributed by atoms with Crippen molar-refractivity contribution in [3.8, 4) is 0 Å². The number of aromatic nitrogens is 2. The first-order chi connectivity index (χ1) is 8.54. The average Bonchev–Trinajstić information content (AvgIpc) is 2.57. The van der Waals surface area contributed by atoms with Crippen molar-refractivity contribution in [3.63, 3.8) is 0 Å². The smallest absolute Gasteiger partial charge is 0.257 e. The maximum absolute atomic E-state index is 13.1. The van der Waals surface area contributed by atoms with Gasteiger partial charge in [-0.05, 0) is 12.8 Å². The van der Waals surface area contributed by atoms with Crippen LogP contribution >= 0.6 is 11.6 Å². The first-order valence-electron chi connectivity index (χ1n) is 6.23. The summed E-state index contributed by atoms with van der Waals surface area (Å²) >= 11 is 5.57. The van der Waals surface area contributed by atoms with Gasteiger partial charge in [0, 0.05) is 5.56 Å². The van der Waals surface area contributed by atoms with E-state index in [-0.39, 0.29) is 17.5 Å². The van der Waals surface area contributed by atoms with E-state index in [4.69, 9.17) is 11.6 Å². The van der Waals surface area contributed by atoms with Crippen LogP contribution in [0.2, 0.25) is 0 Å². The summed E-state index contributed by atoms with van der Waals surface area (Å²) in [7, 11) is 0. The fraction of sp³-hybridized carbons (Fsp3) is 0.750. The Labute approximate surface area is 109 Å². The fourth-order valence-electron chi connectivity index (χ4n) is 2.59. The molecule has 0 aliphatic heterocycles. The zero-order valence-corrected chi connectivity index (χ0v) is 10.8. The molecule has 0 bridgehead atoms. The second kappa shape index (κ2) is 5.51. The van der Waals surface area contributed by atoms with Gasteiger partial charge in [0.15, 0.2) is 0 Å². The Kier molecular flexibility index (Phi) is 4.20. The third-order valence-electron chi connectivity index (χ3n) is 3.45. The topological polar surface area (TPSA) is 17.8 Å². The monoisotopic (exact) mass is 280 g/mol. The highest BCUT2D eigenvalue weighted by Crippen LogP contribution is 2.37. The molecule has 102 valence electrons. The summed E-state index contributed by atoms with van der Waals surface area (Å²) in [5.41, 5.74) is -0.585. The molecule has 2 nitrogen and oxygen atoms in total. The molecule has 1 aromatic rings. The van der Waals surface area contributed by atoms with Crippen molar-refractivity contribution >= 4 is 11.6 Å². The Balaban J connectivity index is 2.34. The van der Waals surface area contributed by atoms with Crippen LogP contribution in [0.3, 0.4) is 0 Å². The number of rotatable bonds is 2. The molecule has 0 aromatic carbocycles. The van der Waals surface area contributed by atoms with Gasteiger partial charge < -0.3 is 0 Å². The summed E-state index contributed by atoms with van der Waals surface area (Å²) < 4.78 is 40.4. The summed E-state index contributed by atoms with van der Waals surface area (Å²) in [5, 5.41) is 3.93. The molecular weight excluding hydrogens is 265 g/mol. The van der Waals surface area contributed by atoms with Gasteiger partial charge in [-0.2, -0.15) is 18.3 Å². The van der Waals surface area contributed by atoms with Gasteiger partial charge in [0.2, 0.25) is 0 Å². The molecule has 0 atom stereocenters. The minimum atomic E-state index is -4.38. The minimum Gasteiger partial charge on any atom is -0.257 e. The van der Waals surface area contributed by atoms with Crippen molar-refractivity contribution in [1.29, 1.82) is 0 Å². The Hall–Kier alpha value is -0.710. The quantitative estimate of drug-likeness (QED) is 0.575. The summed E-state index contributed by atoms with van der Waals surface area (Å²) in [5.74, 6) is -0.151. The molecular formula is C12H16ClF3N2. The van der Waals surface area contributed by atoms with Crippen LogP contribution in [0, 0.1) is 0 Å². The maximum atomic E-state index is 13.1. The molecule has 0 unspecified atom stereocenters. The first-order valence-corrected chi connectivity index (χ1v) is 6.77. The molecule has 0 spiro atoms. The number of hydrogen-bond donors (Lipinski definition) is 0. The number of hydrogen-bond acceptors (Lipinski definition) is 1. The lowest BCUT2D eigenvalue weighted by molar-refractivity contribution is -0.145. The van der Waals surface area contributed by atoms with Gasteiger partial charge in [-0.3, -0.25) is 4.68 Å².